The van der Waals surface area contributed by atoms with Crippen molar-refractivity contribution in [2.24, 2.45) is 0 Å². The van der Waals surface area contributed by atoms with Crippen LogP contribution in [0.2, 0.25) is 0 Å². The molecule has 1 aliphatic carbocycles. The van der Waals surface area contributed by atoms with Crippen LogP contribution in [0.3, 0.4) is 0 Å². The first kappa shape index (κ1) is 10.4. The zero-order valence-corrected chi connectivity index (χ0v) is 10.6. The Morgan fingerprint density at radius 2 is 2.14 bits per heavy atom. The van der Waals surface area contributed by atoms with Gasteiger partial charge in [0.1, 0.15) is 5.60 Å². The van der Waals surface area contributed by atoms with Crippen molar-refractivity contribution in [3.05, 3.63) is 28.5 Å². The van der Waals surface area contributed by atoms with E-state index in [1.54, 1.807) is 12.1 Å². The van der Waals surface area contributed by atoms with Crippen LogP contribution in [0.1, 0.15) is 12.8 Å². The third-order valence-corrected chi connectivity index (χ3v) is 3.79. The quantitative estimate of drug-likeness (QED) is 0.767. The van der Waals surface area contributed by atoms with Crippen molar-refractivity contribution in [1.82, 2.24) is 0 Å². The van der Waals surface area contributed by atoms with Crippen LogP contribution in [0.25, 0.3) is 0 Å². The molecule has 1 aliphatic rings. The van der Waals surface area contributed by atoms with E-state index in [2.05, 4.69) is 31.9 Å². The van der Waals surface area contributed by atoms with Gasteiger partial charge in [-0.3, -0.25) is 0 Å². The predicted molar refractivity (Wildman–Crippen MR) is 60.5 cm³/mol. The summed E-state index contributed by atoms with van der Waals surface area (Å²) in [5, 5.41) is 0.759. The van der Waals surface area contributed by atoms with Crippen LogP contribution in [0.15, 0.2) is 22.7 Å². The first-order chi connectivity index (χ1) is 6.65. The highest BCUT2D eigenvalue weighted by molar-refractivity contribution is 9.10. The molecule has 1 aromatic carbocycles. The Morgan fingerprint density at radius 3 is 2.64 bits per heavy atom. The highest BCUT2D eigenvalue weighted by Crippen LogP contribution is 2.42. The van der Waals surface area contributed by atoms with Crippen LogP contribution >= 0.6 is 31.9 Å². The van der Waals surface area contributed by atoms with Gasteiger partial charge in [0.15, 0.2) is 11.6 Å². The summed E-state index contributed by atoms with van der Waals surface area (Å²) in [6.07, 6.45) is 1.99. The van der Waals surface area contributed by atoms with E-state index in [1.165, 1.54) is 6.07 Å². The Kier molecular flexibility index (Phi) is 2.84. The maximum atomic E-state index is 13.4. The molecule has 14 heavy (non-hydrogen) atoms. The lowest BCUT2D eigenvalue weighted by Gasteiger charge is -2.15. The van der Waals surface area contributed by atoms with Crippen molar-refractivity contribution >= 4 is 31.9 Å². The lowest BCUT2D eigenvalue weighted by atomic mass is 10.3. The molecule has 0 N–H and O–H groups in total. The Hall–Kier alpha value is -0.0900. The van der Waals surface area contributed by atoms with Crippen molar-refractivity contribution in [1.29, 1.82) is 0 Å². The first-order valence-corrected chi connectivity index (χ1v) is 6.27. The summed E-state index contributed by atoms with van der Waals surface area (Å²) in [6, 6.07) is 4.85. The number of alkyl halides is 1. The van der Waals surface area contributed by atoms with Gasteiger partial charge in [-0.25, -0.2) is 4.39 Å². The van der Waals surface area contributed by atoms with Gasteiger partial charge in [-0.05, 0) is 31.0 Å². The van der Waals surface area contributed by atoms with E-state index in [4.69, 9.17) is 4.74 Å². The summed E-state index contributed by atoms with van der Waals surface area (Å²) in [4.78, 5) is 0. The highest BCUT2D eigenvalue weighted by Gasteiger charge is 2.44. The Morgan fingerprint density at radius 1 is 1.43 bits per heavy atom. The molecule has 1 aromatic rings. The standard InChI is InChI=1S/C10H9Br2FO/c11-6-10(3-4-10)14-9-2-1-7(12)5-8(9)13/h1-2,5H,3-4,6H2. The molecule has 4 heteroatoms. The number of hydrogen-bond acceptors (Lipinski definition) is 1. The van der Waals surface area contributed by atoms with Gasteiger partial charge in [0.25, 0.3) is 0 Å². The van der Waals surface area contributed by atoms with E-state index >= 15 is 0 Å². The lowest BCUT2D eigenvalue weighted by Crippen LogP contribution is -2.20. The zero-order chi connectivity index (χ0) is 10.2. The van der Waals surface area contributed by atoms with Crippen LogP contribution in [-0.4, -0.2) is 10.9 Å². The fraction of sp³-hybridized carbons (Fsp3) is 0.400. The minimum absolute atomic E-state index is 0.158. The van der Waals surface area contributed by atoms with Crippen molar-refractivity contribution in [2.45, 2.75) is 18.4 Å². The average molecular weight is 324 g/mol. The molecule has 0 amide bonds. The van der Waals surface area contributed by atoms with Crippen LogP contribution in [0.4, 0.5) is 4.39 Å². The van der Waals surface area contributed by atoms with E-state index in [0.717, 1.165) is 22.6 Å². The molecule has 1 fully saturated rings. The Bertz CT molecular complexity index is 350. The van der Waals surface area contributed by atoms with Crippen LogP contribution in [-0.2, 0) is 0 Å². The monoisotopic (exact) mass is 322 g/mol. The summed E-state index contributed by atoms with van der Waals surface area (Å²) in [5.41, 5.74) is -0.158. The topological polar surface area (TPSA) is 9.23 Å². The molecule has 0 unspecified atom stereocenters. The van der Waals surface area contributed by atoms with E-state index in [0.29, 0.717) is 5.75 Å². The molecule has 0 atom stereocenters. The summed E-state index contributed by atoms with van der Waals surface area (Å²) >= 11 is 6.58. The van der Waals surface area contributed by atoms with E-state index in [-0.39, 0.29) is 11.4 Å². The largest absolute Gasteiger partial charge is 0.483 e. The fourth-order valence-corrected chi connectivity index (χ4v) is 2.20. The lowest BCUT2D eigenvalue weighted by molar-refractivity contribution is 0.197. The third-order valence-electron chi connectivity index (χ3n) is 2.27. The number of halogens is 3. The van der Waals surface area contributed by atoms with Gasteiger partial charge in [0.05, 0.1) is 0 Å². The maximum absolute atomic E-state index is 13.4. The molecule has 0 aromatic heterocycles. The molecule has 0 bridgehead atoms. The summed E-state index contributed by atoms with van der Waals surface area (Å²) in [7, 11) is 0. The molecular weight excluding hydrogens is 315 g/mol. The second-order valence-electron chi connectivity index (χ2n) is 3.49. The number of rotatable bonds is 3. The summed E-state index contributed by atoms with van der Waals surface area (Å²) in [6.45, 7) is 0. The van der Waals surface area contributed by atoms with E-state index < -0.39 is 0 Å². The molecule has 76 valence electrons. The number of benzene rings is 1. The summed E-state index contributed by atoms with van der Waals surface area (Å²) in [5.74, 6) is 0.0248. The number of hydrogen-bond donors (Lipinski definition) is 0. The van der Waals surface area contributed by atoms with Crippen molar-refractivity contribution < 1.29 is 9.13 Å². The molecule has 1 nitrogen and oxygen atoms in total. The average Bonchev–Trinajstić information content (AvgIpc) is 2.91. The Labute approximate surface area is 98.9 Å². The van der Waals surface area contributed by atoms with E-state index in [1.807, 2.05) is 0 Å². The smallest absolute Gasteiger partial charge is 0.166 e. The van der Waals surface area contributed by atoms with Gasteiger partial charge in [-0.15, -0.1) is 0 Å². The first-order valence-electron chi connectivity index (χ1n) is 4.35. The van der Waals surface area contributed by atoms with Crippen LogP contribution < -0.4 is 4.74 Å². The molecule has 0 radical (unpaired) electrons. The maximum Gasteiger partial charge on any atom is 0.166 e. The molecular formula is C10H9Br2FO. The van der Waals surface area contributed by atoms with Crippen molar-refractivity contribution in [3.8, 4) is 5.75 Å². The third kappa shape index (κ3) is 2.11. The minimum Gasteiger partial charge on any atom is -0.483 e. The summed E-state index contributed by atoms with van der Waals surface area (Å²) < 4.78 is 19.7. The molecule has 0 aliphatic heterocycles. The molecule has 1 saturated carbocycles. The van der Waals surface area contributed by atoms with Gasteiger partial charge < -0.3 is 4.74 Å². The predicted octanol–water partition coefficient (Wildman–Crippen LogP) is 3.89. The van der Waals surface area contributed by atoms with Crippen molar-refractivity contribution in [2.75, 3.05) is 5.33 Å². The van der Waals surface area contributed by atoms with Gasteiger partial charge in [0, 0.05) is 9.80 Å². The van der Waals surface area contributed by atoms with E-state index in [9.17, 15) is 4.39 Å². The SMILES string of the molecule is Fc1cc(Br)ccc1OC1(CBr)CC1. The van der Waals surface area contributed by atoms with Gasteiger partial charge in [0.2, 0.25) is 0 Å². The van der Waals surface area contributed by atoms with Gasteiger partial charge in [-0.1, -0.05) is 31.9 Å². The molecule has 0 saturated heterocycles. The van der Waals surface area contributed by atoms with Gasteiger partial charge in [-0.2, -0.15) is 0 Å². The fourth-order valence-electron chi connectivity index (χ4n) is 1.19. The van der Waals surface area contributed by atoms with Gasteiger partial charge >= 0.3 is 0 Å². The molecule has 0 heterocycles. The van der Waals surface area contributed by atoms with Crippen LogP contribution in [0, 0.1) is 5.82 Å². The highest BCUT2D eigenvalue weighted by atomic mass is 79.9. The van der Waals surface area contributed by atoms with Crippen molar-refractivity contribution in [3.63, 3.8) is 0 Å². The second-order valence-corrected chi connectivity index (χ2v) is 4.97. The second kappa shape index (κ2) is 3.81. The Balaban J connectivity index is 2.17. The van der Waals surface area contributed by atoms with Crippen LogP contribution in [0.5, 0.6) is 5.75 Å². The number of ether oxygens (including phenoxy) is 1. The zero-order valence-electron chi connectivity index (χ0n) is 7.40. The molecule has 0 spiro atoms. The normalized spacial score (nSPS) is 17.9. The molecule has 2 rings (SSSR count). The minimum atomic E-state index is -0.313.